The predicted octanol–water partition coefficient (Wildman–Crippen LogP) is 3.61. The number of aryl methyl sites for hydroxylation is 1. The van der Waals surface area contributed by atoms with Crippen molar-refractivity contribution in [3.05, 3.63) is 29.1 Å². The average Bonchev–Trinajstić information content (AvgIpc) is 2.11. The molecule has 0 aliphatic rings. The summed E-state index contributed by atoms with van der Waals surface area (Å²) < 4.78 is 13.1. The second-order valence-electron chi connectivity index (χ2n) is 3.91. The number of rotatable bonds is 3. The van der Waals surface area contributed by atoms with Crippen molar-refractivity contribution in [2.24, 2.45) is 0 Å². The van der Waals surface area contributed by atoms with Gasteiger partial charge in [-0.2, -0.15) is 0 Å². The lowest BCUT2D eigenvalue weighted by molar-refractivity contribution is 0.430. The van der Waals surface area contributed by atoms with E-state index in [9.17, 15) is 9.50 Å². The maximum atomic E-state index is 13.1. The molecule has 2 heteroatoms. The molecule has 0 aliphatic carbocycles. The lowest BCUT2D eigenvalue weighted by atomic mass is 9.94. The van der Waals surface area contributed by atoms with Crippen LogP contribution in [0, 0.1) is 5.82 Å². The fourth-order valence-electron chi connectivity index (χ4n) is 1.64. The van der Waals surface area contributed by atoms with Crippen LogP contribution in [0.25, 0.3) is 0 Å². The molecule has 0 fully saturated rings. The van der Waals surface area contributed by atoms with Crippen molar-refractivity contribution < 1.29 is 9.50 Å². The summed E-state index contributed by atoms with van der Waals surface area (Å²) in [7, 11) is 0. The van der Waals surface area contributed by atoms with Crippen molar-refractivity contribution in [2.45, 2.75) is 39.5 Å². The third-order valence-electron chi connectivity index (χ3n) is 2.35. The first-order chi connectivity index (χ1) is 6.56. The summed E-state index contributed by atoms with van der Waals surface area (Å²) in [6, 6.07) is 3.00. The number of phenols is 1. The molecule has 0 unspecified atom stereocenters. The highest BCUT2D eigenvalue weighted by molar-refractivity contribution is 5.38. The summed E-state index contributed by atoms with van der Waals surface area (Å²) in [5.41, 5.74) is 2.06. The quantitative estimate of drug-likeness (QED) is 0.783. The Hall–Kier alpha value is -1.05. The van der Waals surface area contributed by atoms with Crippen molar-refractivity contribution in [3.8, 4) is 5.75 Å². The third-order valence-corrected chi connectivity index (χ3v) is 2.35. The molecule has 0 amide bonds. The highest BCUT2D eigenvalue weighted by Gasteiger charge is 2.10. The van der Waals surface area contributed by atoms with Crippen LogP contribution in [0.4, 0.5) is 4.39 Å². The van der Waals surface area contributed by atoms with E-state index in [1.807, 2.05) is 13.8 Å². The summed E-state index contributed by atoms with van der Waals surface area (Å²) in [4.78, 5) is 0. The Morgan fingerprint density at radius 1 is 1.36 bits per heavy atom. The average molecular weight is 196 g/mol. The minimum absolute atomic E-state index is 0.238. The zero-order chi connectivity index (χ0) is 10.7. The molecule has 0 saturated heterocycles. The van der Waals surface area contributed by atoms with Crippen molar-refractivity contribution in [3.63, 3.8) is 0 Å². The zero-order valence-electron chi connectivity index (χ0n) is 8.97. The molecule has 1 N–H and O–H groups in total. The van der Waals surface area contributed by atoms with Gasteiger partial charge in [0.1, 0.15) is 0 Å². The molecular weight excluding hydrogens is 179 g/mol. The van der Waals surface area contributed by atoms with Crippen LogP contribution in [-0.4, -0.2) is 5.11 Å². The molecule has 0 heterocycles. The van der Waals surface area contributed by atoms with Crippen LogP contribution >= 0.6 is 0 Å². The van der Waals surface area contributed by atoms with Gasteiger partial charge in [-0.15, -0.1) is 0 Å². The highest BCUT2D eigenvalue weighted by Crippen LogP contribution is 2.27. The molecule has 1 nitrogen and oxygen atoms in total. The molecule has 0 spiro atoms. The molecule has 78 valence electrons. The van der Waals surface area contributed by atoms with Crippen molar-refractivity contribution >= 4 is 0 Å². The summed E-state index contributed by atoms with van der Waals surface area (Å²) in [6.07, 6.45) is 1.89. The smallest absolute Gasteiger partial charge is 0.165 e. The van der Waals surface area contributed by atoms with Gasteiger partial charge in [-0.1, -0.05) is 27.2 Å². The Bertz CT molecular complexity index is 318. The predicted molar refractivity (Wildman–Crippen MR) is 56.1 cm³/mol. The van der Waals surface area contributed by atoms with E-state index in [0.29, 0.717) is 5.92 Å². The minimum atomic E-state index is -0.520. The third kappa shape index (κ3) is 2.25. The summed E-state index contributed by atoms with van der Waals surface area (Å²) >= 11 is 0. The molecule has 0 radical (unpaired) electrons. The Labute approximate surface area is 84.6 Å². The fourth-order valence-corrected chi connectivity index (χ4v) is 1.64. The number of aromatic hydroxyl groups is 1. The van der Waals surface area contributed by atoms with E-state index in [2.05, 4.69) is 6.92 Å². The molecule has 14 heavy (non-hydrogen) atoms. The van der Waals surface area contributed by atoms with Gasteiger partial charge in [-0.25, -0.2) is 4.39 Å². The number of halogens is 1. The van der Waals surface area contributed by atoms with Crippen molar-refractivity contribution in [1.29, 1.82) is 0 Å². The van der Waals surface area contributed by atoms with E-state index in [0.717, 1.165) is 24.0 Å². The molecule has 0 saturated carbocycles. The van der Waals surface area contributed by atoms with E-state index in [1.54, 1.807) is 6.07 Å². The van der Waals surface area contributed by atoms with Gasteiger partial charge in [0.15, 0.2) is 11.6 Å². The second-order valence-corrected chi connectivity index (χ2v) is 3.91. The maximum Gasteiger partial charge on any atom is 0.165 e. The van der Waals surface area contributed by atoms with E-state index >= 15 is 0 Å². The van der Waals surface area contributed by atoms with Gasteiger partial charge in [-0.05, 0) is 35.6 Å². The van der Waals surface area contributed by atoms with Crippen LogP contribution in [0.1, 0.15) is 44.2 Å². The van der Waals surface area contributed by atoms with Crippen molar-refractivity contribution in [2.75, 3.05) is 0 Å². The molecule has 1 aromatic carbocycles. The summed E-state index contributed by atoms with van der Waals surface area (Å²) in [5.74, 6) is -0.460. The lowest BCUT2D eigenvalue weighted by Crippen LogP contribution is -1.97. The van der Waals surface area contributed by atoms with Gasteiger partial charge in [0.25, 0.3) is 0 Å². The van der Waals surface area contributed by atoms with E-state index in [1.165, 1.54) is 6.07 Å². The fraction of sp³-hybridized carbons (Fsp3) is 0.500. The largest absolute Gasteiger partial charge is 0.505 e. The number of phenolic OH excluding ortho intramolecular Hbond substituents is 1. The summed E-state index contributed by atoms with van der Waals surface area (Å²) in [5, 5.41) is 9.26. The monoisotopic (exact) mass is 196 g/mol. The second kappa shape index (κ2) is 4.45. The SMILES string of the molecule is CCCc1cc(O)c(F)cc1C(C)C. The zero-order valence-corrected chi connectivity index (χ0v) is 8.97. The molecule has 1 rings (SSSR count). The van der Waals surface area contributed by atoms with Gasteiger partial charge >= 0.3 is 0 Å². The summed E-state index contributed by atoms with van der Waals surface area (Å²) in [6.45, 7) is 6.14. The first-order valence-corrected chi connectivity index (χ1v) is 5.07. The van der Waals surface area contributed by atoms with Crippen LogP contribution in [0.2, 0.25) is 0 Å². The van der Waals surface area contributed by atoms with Crippen LogP contribution in [0.3, 0.4) is 0 Å². The van der Waals surface area contributed by atoms with Crippen LogP contribution in [0.15, 0.2) is 12.1 Å². The van der Waals surface area contributed by atoms with Crippen LogP contribution in [0.5, 0.6) is 5.75 Å². The van der Waals surface area contributed by atoms with Gasteiger partial charge in [0.05, 0.1) is 0 Å². The van der Waals surface area contributed by atoms with Gasteiger partial charge in [0, 0.05) is 0 Å². The van der Waals surface area contributed by atoms with Gasteiger partial charge < -0.3 is 5.11 Å². The van der Waals surface area contributed by atoms with E-state index < -0.39 is 5.82 Å². The molecule has 0 atom stereocenters. The number of hydrogen-bond donors (Lipinski definition) is 1. The number of benzene rings is 1. The molecule has 0 bridgehead atoms. The normalized spacial score (nSPS) is 10.9. The molecule has 0 aliphatic heterocycles. The first kappa shape index (κ1) is 11.0. The van der Waals surface area contributed by atoms with E-state index in [-0.39, 0.29) is 5.75 Å². The Morgan fingerprint density at radius 3 is 2.50 bits per heavy atom. The minimum Gasteiger partial charge on any atom is -0.505 e. The van der Waals surface area contributed by atoms with Crippen molar-refractivity contribution in [1.82, 2.24) is 0 Å². The Balaban J connectivity index is 3.17. The standard InChI is InChI=1S/C12H17FO/c1-4-5-9-6-12(14)11(13)7-10(9)8(2)3/h6-8,14H,4-5H2,1-3H3. The molecule has 1 aromatic rings. The van der Waals surface area contributed by atoms with Crippen LogP contribution in [-0.2, 0) is 6.42 Å². The molecule has 0 aromatic heterocycles. The number of hydrogen-bond acceptors (Lipinski definition) is 1. The van der Waals surface area contributed by atoms with E-state index in [4.69, 9.17) is 0 Å². The maximum absolute atomic E-state index is 13.1. The van der Waals surface area contributed by atoms with Gasteiger partial charge in [0.2, 0.25) is 0 Å². The topological polar surface area (TPSA) is 20.2 Å². The Kier molecular flexibility index (Phi) is 3.50. The molecular formula is C12H17FO. The highest BCUT2D eigenvalue weighted by atomic mass is 19.1. The van der Waals surface area contributed by atoms with Crippen LogP contribution < -0.4 is 0 Å². The van der Waals surface area contributed by atoms with Gasteiger partial charge in [-0.3, -0.25) is 0 Å². The lowest BCUT2D eigenvalue weighted by Gasteiger charge is -2.13. The Morgan fingerprint density at radius 2 is 2.00 bits per heavy atom. The first-order valence-electron chi connectivity index (χ1n) is 5.07.